The lowest BCUT2D eigenvalue weighted by atomic mass is 9.73. The number of hydrogen-bond acceptors (Lipinski definition) is 4. The highest BCUT2D eigenvalue weighted by Gasteiger charge is 2.41. The number of ether oxygens (including phenoxy) is 1. The molecule has 0 radical (unpaired) electrons. The van der Waals surface area contributed by atoms with E-state index in [4.69, 9.17) is 4.74 Å². The quantitative estimate of drug-likeness (QED) is 0.792. The molecule has 1 aromatic rings. The summed E-state index contributed by atoms with van der Waals surface area (Å²) in [5.41, 5.74) is 0.708. The molecule has 1 aliphatic rings. The first-order chi connectivity index (χ1) is 10.6. The maximum Gasteiger partial charge on any atom is 0.176 e. The highest BCUT2D eigenvalue weighted by atomic mass is 16.5. The Bertz CT molecular complexity index is 474. The van der Waals surface area contributed by atoms with Crippen molar-refractivity contribution in [2.45, 2.75) is 44.9 Å². The van der Waals surface area contributed by atoms with Crippen molar-refractivity contribution in [1.29, 1.82) is 0 Å². The average molecular weight is 305 g/mol. The van der Waals surface area contributed by atoms with Crippen LogP contribution < -0.4 is 5.32 Å². The maximum absolute atomic E-state index is 12.2. The number of Topliss-reactive ketones (excluding diaryl/α,β-unsaturated/α-hetero) is 1. The van der Waals surface area contributed by atoms with Gasteiger partial charge >= 0.3 is 0 Å². The van der Waals surface area contributed by atoms with Crippen molar-refractivity contribution in [2.75, 3.05) is 13.7 Å². The zero-order valence-electron chi connectivity index (χ0n) is 13.7. The van der Waals surface area contributed by atoms with Crippen molar-refractivity contribution in [2.24, 2.45) is 11.8 Å². The average Bonchev–Trinajstić information content (AvgIpc) is 2.56. The first-order valence-corrected chi connectivity index (χ1v) is 8.11. The van der Waals surface area contributed by atoms with Crippen LogP contribution in [0.4, 0.5) is 0 Å². The second-order valence-corrected chi connectivity index (χ2v) is 6.22. The molecule has 1 saturated carbocycles. The van der Waals surface area contributed by atoms with Gasteiger partial charge in [-0.3, -0.25) is 4.79 Å². The summed E-state index contributed by atoms with van der Waals surface area (Å²) in [6, 6.07) is 9.27. The number of aliphatic hydroxyl groups excluding tert-OH is 1. The Hall–Kier alpha value is -1.23. The molecule has 1 fully saturated rings. The lowest BCUT2D eigenvalue weighted by Crippen LogP contribution is -2.56. The van der Waals surface area contributed by atoms with Gasteiger partial charge in [0.25, 0.3) is 0 Å². The van der Waals surface area contributed by atoms with E-state index >= 15 is 0 Å². The molecule has 0 saturated heterocycles. The maximum atomic E-state index is 12.2. The van der Waals surface area contributed by atoms with E-state index in [2.05, 4.69) is 12.2 Å². The van der Waals surface area contributed by atoms with Gasteiger partial charge in [0.05, 0.1) is 18.8 Å². The molecule has 2 N–H and O–H groups in total. The lowest BCUT2D eigenvalue weighted by Gasteiger charge is -2.43. The summed E-state index contributed by atoms with van der Waals surface area (Å²) in [6.45, 7) is 4.39. The zero-order chi connectivity index (χ0) is 16.1. The summed E-state index contributed by atoms with van der Waals surface area (Å²) in [7, 11) is 1.70. The highest BCUT2D eigenvalue weighted by Crippen LogP contribution is 2.33. The molecular weight excluding hydrogens is 278 g/mol. The van der Waals surface area contributed by atoms with Crippen LogP contribution in [0.5, 0.6) is 0 Å². The van der Waals surface area contributed by atoms with Crippen LogP contribution in [0.25, 0.3) is 0 Å². The van der Waals surface area contributed by atoms with Crippen LogP contribution >= 0.6 is 0 Å². The number of carbonyl (C=O) groups is 1. The molecule has 0 aromatic heterocycles. The third-order valence-electron chi connectivity index (χ3n) is 4.94. The molecule has 2 unspecified atom stereocenters. The van der Waals surface area contributed by atoms with Crippen LogP contribution in [0.3, 0.4) is 0 Å². The Kier molecular flexibility index (Phi) is 6.12. The number of ketones is 1. The summed E-state index contributed by atoms with van der Waals surface area (Å²) < 4.78 is 5.61. The summed E-state index contributed by atoms with van der Waals surface area (Å²) in [5, 5.41) is 13.7. The van der Waals surface area contributed by atoms with Gasteiger partial charge in [0.15, 0.2) is 5.78 Å². The van der Waals surface area contributed by atoms with E-state index in [1.54, 1.807) is 7.11 Å². The normalized spacial score (nSPS) is 31.9. The van der Waals surface area contributed by atoms with Crippen molar-refractivity contribution < 1.29 is 14.6 Å². The first kappa shape index (κ1) is 17.1. The number of nitrogens with one attached hydrogen (secondary N) is 1. The van der Waals surface area contributed by atoms with E-state index in [-0.39, 0.29) is 42.4 Å². The predicted molar refractivity (Wildman–Crippen MR) is 86.9 cm³/mol. The smallest absolute Gasteiger partial charge is 0.176 e. The molecule has 1 aromatic carbocycles. The molecule has 0 heterocycles. The minimum absolute atomic E-state index is 0.00420. The molecule has 5 atom stereocenters. The van der Waals surface area contributed by atoms with Gasteiger partial charge in [-0.15, -0.1) is 0 Å². The summed E-state index contributed by atoms with van der Waals surface area (Å²) in [4.78, 5) is 12.2. The van der Waals surface area contributed by atoms with Crippen LogP contribution in [-0.2, 0) is 4.74 Å². The van der Waals surface area contributed by atoms with Crippen molar-refractivity contribution in [3.63, 3.8) is 0 Å². The topological polar surface area (TPSA) is 58.6 Å². The van der Waals surface area contributed by atoms with E-state index in [1.165, 1.54) is 0 Å². The summed E-state index contributed by atoms with van der Waals surface area (Å²) >= 11 is 0. The fourth-order valence-corrected chi connectivity index (χ4v) is 3.47. The SMILES string of the molecule is CCC1C[C@H](OC)C(NCC(=O)c2ccccc2)[C@@H](C)[C@@H]1O. The Morgan fingerprint density at radius 2 is 2.05 bits per heavy atom. The molecule has 0 aliphatic heterocycles. The van der Waals surface area contributed by atoms with E-state index in [0.29, 0.717) is 5.56 Å². The largest absolute Gasteiger partial charge is 0.392 e. The van der Waals surface area contributed by atoms with Gasteiger partial charge in [0, 0.05) is 24.6 Å². The van der Waals surface area contributed by atoms with Gasteiger partial charge in [0.2, 0.25) is 0 Å². The minimum atomic E-state index is -0.347. The van der Waals surface area contributed by atoms with E-state index in [1.807, 2.05) is 37.3 Å². The van der Waals surface area contributed by atoms with E-state index < -0.39 is 0 Å². The number of benzene rings is 1. The van der Waals surface area contributed by atoms with Gasteiger partial charge in [-0.2, -0.15) is 0 Å². The third-order valence-corrected chi connectivity index (χ3v) is 4.94. The number of hydrogen-bond donors (Lipinski definition) is 2. The van der Waals surface area contributed by atoms with Crippen LogP contribution in [-0.4, -0.2) is 42.8 Å². The van der Waals surface area contributed by atoms with Crippen LogP contribution in [0.15, 0.2) is 30.3 Å². The monoisotopic (exact) mass is 305 g/mol. The minimum Gasteiger partial charge on any atom is -0.392 e. The van der Waals surface area contributed by atoms with Crippen molar-refractivity contribution in [1.82, 2.24) is 5.32 Å². The number of methoxy groups -OCH3 is 1. The van der Waals surface area contributed by atoms with Crippen LogP contribution in [0, 0.1) is 11.8 Å². The molecule has 22 heavy (non-hydrogen) atoms. The Balaban J connectivity index is 1.99. The molecule has 2 rings (SSSR count). The molecule has 0 spiro atoms. The van der Waals surface area contributed by atoms with Crippen molar-refractivity contribution in [3.8, 4) is 0 Å². The Morgan fingerprint density at radius 1 is 1.36 bits per heavy atom. The van der Waals surface area contributed by atoms with Crippen LogP contribution in [0.2, 0.25) is 0 Å². The fraction of sp³-hybridized carbons (Fsp3) is 0.611. The van der Waals surface area contributed by atoms with Gasteiger partial charge in [0.1, 0.15) is 0 Å². The highest BCUT2D eigenvalue weighted by molar-refractivity contribution is 5.97. The van der Waals surface area contributed by atoms with E-state index in [9.17, 15) is 9.90 Å². The first-order valence-electron chi connectivity index (χ1n) is 8.11. The molecule has 122 valence electrons. The second kappa shape index (κ2) is 7.86. The molecule has 4 heteroatoms. The lowest BCUT2D eigenvalue weighted by molar-refractivity contribution is -0.0698. The molecule has 4 nitrogen and oxygen atoms in total. The molecule has 0 bridgehead atoms. The third kappa shape index (κ3) is 3.75. The van der Waals surface area contributed by atoms with Crippen molar-refractivity contribution in [3.05, 3.63) is 35.9 Å². The van der Waals surface area contributed by atoms with E-state index in [0.717, 1.165) is 12.8 Å². The Labute approximate surface area is 132 Å². The molecule has 0 amide bonds. The number of carbonyl (C=O) groups excluding carboxylic acids is 1. The van der Waals surface area contributed by atoms with Gasteiger partial charge in [-0.1, -0.05) is 50.6 Å². The predicted octanol–water partition coefficient (Wildman–Crippen LogP) is 2.27. The second-order valence-electron chi connectivity index (χ2n) is 6.22. The summed E-state index contributed by atoms with van der Waals surface area (Å²) in [6.07, 6.45) is 1.46. The molecular formula is C18H27NO3. The number of aliphatic hydroxyl groups is 1. The number of rotatable bonds is 6. The molecule has 1 aliphatic carbocycles. The van der Waals surface area contributed by atoms with Crippen molar-refractivity contribution >= 4 is 5.78 Å². The van der Waals surface area contributed by atoms with Crippen LogP contribution in [0.1, 0.15) is 37.0 Å². The van der Waals surface area contributed by atoms with Gasteiger partial charge < -0.3 is 15.2 Å². The summed E-state index contributed by atoms with van der Waals surface area (Å²) in [5.74, 6) is 0.393. The van der Waals surface area contributed by atoms with Gasteiger partial charge in [-0.05, 0) is 12.3 Å². The fourth-order valence-electron chi connectivity index (χ4n) is 3.47. The Morgan fingerprint density at radius 3 is 2.64 bits per heavy atom. The van der Waals surface area contributed by atoms with Gasteiger partial charge in [-0.25, -0.2) is 0 Å². The standard InChI is InChI=1S/C18H27NO3/c1-4-13-10-16(22-3)17(12(2)18(13)21)19-11-15(20)14-8-6-5-7-9-14/h5-9,12-13,16-19,21H,4,10-11H2,1-3H3/t12-,13?,16+,17?,18+/m1/s1. The zero-order valence-corrected chi connectivity index (χ0v) is 13.7.